The Bertz CT molecular complexity index is 73.5. The first-order valence-electron chi connectivity index (χ1n) is 2.72. The van der Waals surface area contributed by atoms with Crippen LogP contribution in [0.4, 0.5) is 0 Å². The minimum atomic E-state index is 0. The van der Waals surface area contributed by atoms with Crippen molar-refractivity contribution in [2.24, 2.45) is 11.3 Å². The van der Waals surface area contributed by atoms with E-state index in [1.165, 1.54) is 0 Å². The SMILES string of the molecule is CC(C)CCON=O.O.O.O.O.O.O.O.O.O.O. The minimum Gasteiger partial charge on any atom is -0.412 e. The van der Waals surface area contributed by atoms with Crippen molar-refractivity contribution in [3.05, 3.63) is 4.91 Å². The third-order valence-electron chi connectivity index (χ3n) is 0.839. The topological polar surface area (TPSA) is 354 Å². The molecule has 0 aliphatic carbocycles. The summed E-state index contributed by atoms with van der Waals surface area (Å²) in [5.74, 6) is 0.580. The van der Waals surface area contributed by atoms with Crippen LogP contribution in [-0.4, -0.2) is 61.4 Å². The number of hydrogen-bond acceptors (Lipinski definition) is 3. The first kappa shape index (κ1) is 121. The average molecular weight is 297 g/mol. The summed E-state index contributed by atoms with van der Waals surface area (Å²) in [6, 6.07) is 0. The second kappa shape index (κ2) is 100. The van der Waals surface area contributed by atoms with Crippen molar-refractivity contribution < 1.29 is 59.6 Å². The molecule has 0 rings (SSSR count). The molecule has 13 nitrogen and oxygen atoms in total. The molecule has 20 N–H and O–H groups in total. The molecule has 0 heterocycles. The van der Waals surface area contributed by atoms with E-state index >= 15 is 0 Å². The quantitative estimate of drug-likeness (QED) is 0.277. The number of nitrogens with zero attached hydrogens (tertiary/aromatic N) is 1. The van der Waals surface area contributed by atoms with Gasteiger partial charge in [0.1, 0.15) is 6.61 Å². The Balaban J connectivity index is -0.00000000544. The molecule has 0 bridgehead atoms. The smallest absolute Gasteiger partial charge is 0.155 e. The summed E-state index contributed by atoms with van der Waals surface area (Å²) < 4.78 is 0. The van der Waals surface area contributed by atoms with Crippen LogP contribution in [0.5, 0.6) is 0 Å². The maximum absolute atomic E-state index is 9.31. The zero-order chi connectivity index (χ0) is 6.41. The molecule has 0 spiro atoms. The van der Waals surface area contributed by atoms with E-state index in [4.69, 9.17) is 0 Å². The van der Waals surface area contributed by atoms with Gasteiger partial charge in [0, 0.05) is 0 Å². The summed E-state index contributed by atoms with van der Waals surface area (Å²) in [6.07, 6.45) is 0.895. The molecule has 0 aromatic heterocycles. The van der Waals surface area contributed by atoms with Gasteiger partial charge in [-0.25, -0.2) is 0 Å². The van der Waals surface area contributed by atoms with E-state index in [2.05, 4.69) is 24.0 Å². The van der Waals surface area contributed by atoms with E-state index in [9.17, 15) is 4.91 Å². The standard InChI is InChI=1S/C5H11NO2.10H2O/c1-5(2)3-4-8-6-7;;;;;;;;;;/h5H,3-4H2,1-2H3;10*1H2. The third kappa shape index (κ3) is 184. The van der Waals surface area contributed by atoms with Gasteiger partial charge in [-0.05, 0) is 12.3 Å². The molecular formula is C5H31NO12. The molecule has 0 saturated carbocycles. The van der Waals surface area contributed by atoms with E-state index < -0.39 is 0 Å². The number of rotatable bonds is 4. The van der Waals surface area contributed by atoms with E-state index in [0.29, 0.717) is 12.5 Å². The Kier molecular flexibility index (Phi) is 672. The largest absolute Gasteiger partial charge is 0.412 e. The monoisotopic (exact) mass is 297 g/mol. The van der Waals surface area contributed by atoms with Crippen molar-refractivity contribution >= 4 is 0 Å². The van der Waals surface area contributed by atoms with E-state index in [1.807, 2.05) is 0 Å². The molecule has 0 aromatic rings. The maximum atomic E-state index is 9.31. The van der Waals surface area contributed by atoms with E-state index in [-0.39, 0.29) is 54.8 Å². The summed E-state index contributed by atoms with van der Waals surface area (Å²) in [5.41, 5.74) is 0. The van der Waals surface area contributed by atoms with Crippen molar-refractivity contribution in [2.45, 2.75) is 20.3 Å². The van der Waals surface area contributed by atoms with Crippen LogP contribution in [0, 0.1) is 10.8 Å². The van der Waals surface area contributed by atoms with Crippen LogP contribution in [0.2, 0.25) is 0 Å². The highest BCUT2D eigenvalue weighted by atomic mass is 16.7. The molecule has 0 atom stereocenters. The molecule has 18 heavy (non-hydrogen) atoms. The average Bonchev–Trinajstić information content (AvgIpc) is 1.66. The first-order valence-corrected chi connectivity index (χ1v) is 2.72. The molecule has 0 aliphatic rings. The van der Waals surface area contributed by atoms with E-state index in [0.717, 1.165) is 6.42 Å². The Labute approximate surface area is 104 Å². The van der Waals surface area contributed by atoms with Crippen LogP contribution >= 0.6 is 0 Å². The van der Waals surface area contributed by atoms with Gasteiger partial charge in [0.05, 0.1) is 0 Å². The highest BCUT2D eigenvalue weighted by Crippen LogP contribution is 1.98. The molecule has 0 radical (unpaired) electrons. The second-order valence-electron chi connectivity index (χ2n) is 2.09. The molecule has 0 aromatic carbocycles. The Morgan fingerprint density at radius 2 is 1.06 bits per heavy atom. The van der Waals surface area contributed by atoms with E-state index in [1.54, 1.807) is 0 Å². The first-order chi connectivity index (χ1) is 3.77. The second-order valence-corrected chi connectivity index (χ2v) is 2.09. The third-order valence-corrected chi connectivity index (χ3v) is 0.839. The lowest BCUT2D eigenvalue weighted by molar-refractivity contribution is 0.128. The Morgan fingerprint density at radius 1 is 0.778 bits per heavy atom. The van der Waals surface area contributed by atoms with Gasteiger partial charge < -0.3 is 59.6 Å². The molecular weight excluding hydrogens is 266 g/mol. The van der Waals surface area contributed by atoms with Gasteiger partial charge in [0.15, 0.2) is 5.34 Å². The van der Waals surface area contributed by atoms with Gasteiger partial charge in [0.25, 0.3) is 0 Å². The predicted molar refractivity (Wildman–Crippen MR) is 67.3 cm³/mol. The highest BCUT2D eigenvalue weighted by molar-refractivity contribution is 4.40. The normalized spacial score (nSPS) is 4.17. The fourth-order valence-corrected chi connectivity index (χ4v) is 0.326. The van der Waals surface area contributed by atoms with Gasteiger partial charge in [-0.1, -0.05) is 13.8 Å². The fraction of sp³-hybridized carbons (Fsp3) is 1.00. The zero-order valence-corrected chi connectivity index (χ0v) is 10.3. The predicted octanol–water partition coefficient (Wildman–Crippen LogP) is -6.52. The van der Waals surface area contributed by atoms with Crippen molar-refractivity contribution in [1.82, 2.24) is 0 Å². The Hall–Kier alpha value is -1.00. The lowest BCUT2D eigenvalue weighted by Gasteiger charge is -1.98. The van der Waals surface area contributed by atoms with Crippen molar-refractivity contribution in [3.63, 3.8) is 0 Å². The zero-order valence-electron chi connectivity index (χ0n) is 10.3. The van der Waals surface area contributed by atoms with Crippen LogP contribution in [0.25, 0.3) is 0 Å². The van der Waals surface area contributed by atoms with Crippen LogP contribution < -0.4 is 0 Å². The fourth-order valence-electron chi connectivity index (χ4n) is 0.326. The van der Waals surface area contributed by atoms with Crippen molar-refractivity contribution in [1.29, 1.82) is 0 Å². The molecule has 0 amide bonds. The van der Waals surface area contributed by atoms with Crippen LogP contribution in [-0.2, 0) is 4.84 Å². The van der Waals surface area contributed by atoms with Gasteiger partial charge >= 0.3 is 0 Å². The lowest BCUT2D eigenvalue weighted by atomic mass is 10.1. The Morgan fingerprint density at radius 3 is 1.22 bits per heavy atom. The lowest BCUT2D eigenvalue weighted by Crippen LogP contribution is -1.93. The molecule has 0 fully saturated rings. The highest BCUT2D eigenvalue weighted by Gasteiger charge is 1.91. The number of hydrogen-bond donors (Lipinski definition) is 0. The molecule has 13 heteroatoms. The van der Waals surface area contributed by atoms with Crippen LogP contribution in [0.3, 0.4) is 0 Å². The summed E-state index contributed by atoms with van der Waals surface area (Å²) in [6.45, 7) is 4.57. The van der Waals surface area contributed by atoms with Crippen LogP contribution in [0.1, 0.15) is 20.3 Å². The molecule has 0 aliphatic heterocycles. The van der Waals surface area contributed by atoms with Crippen molar-refractivity contribution in [2.75, 3.05) is 6.61 Å². The molecule has 128 valence electrons. The minimum absolute atomic E-state index is 0. The van der Waals surface area contributed by atoms with Gasteiger partial charge in [0.2, 0.25) is 0 Å². The van der Waals surface area contributed by atoms with Gasteiger partial charge in [-0.3, -0.25) is 0 Å². The summed E-state index contributed by atoms with van der Waals surface area (Å²) in [5, 5.41) is 2.26. The summed E-state index contributed by atoms with van der Waals surface area (Å²) in [7, 11) is 0. The summed E-state index contributed by atoms with van der Waals surface area (Å²) >= 11 is 0. The van der Waals surface area contributed by atoms with Gasteiger partial charge in [-0.15, -0.1) is 4.91 Å². The maximum Gasteiger partial charge on any atom is 0.155 e. The van der Waals surface area contributed by atoms with Crippen molar-refractivity contribution in [3.8, 4) is 0 Å². The summed E-state index contributed by atoms with van der Waals surface area (Å²) in [4.78, 5) is 13.5. The van der Waals surface area contributed by atoms with Gasteiger partial charge in [-0.2, -0.15) is 0 Å². The van der Waals surface area contributed by atoms with Crippen LogP contribution in [0.15, 0.2) is 5.34 Å². The molecule has 0 unspecified atom stereocenters. The molecule has 0 saturated heterocycles.